The molecular formula is C15H15BrCl2N2S. The largest absolute Gasteiger partial charge is 0.235 e. The van der Waals surface area contributed by atoms with E-state index in [9.17, 15) is 0 Å². The second-order valence-corrected chi connectivity index (χ2v) is 8.23. The molecule has 0 atom stereocenters. The fraction of sp³-hybridized carbons (Fsp3) is 0.333. The van der Waals surface area contributed by atoms with Gasteiger partial charge in [-0.15, -0.1) is 11.8 Å². The third-order valence-electron chi connectivity index (χ3n) is 2.73. The predicted molar refractivity (Wildman–Crippen MR) is 94.5 cm³/mol. The van der Waals surface area contributed by atoms with Gasteiger partial charge in [-0.05, 0) is 34.1 Å². The smallest absolute Gasteiger partial charge is 0.147 e. The zero-order valence-corrected chi connectivity index (χ0v) is 15.9. The average Bonchev–Trinajstić information content (AvgIpc) is 2.38. The number of nitrogens with zero attached hydrogens (tertiary/aromatic N) is 2. The van der Waals surface area contributed by atoms with Crippen molar-refractivity contribution >= 4 is 50.9 Å². The summed E-state index contributed by atoms with van der Waals surface area (Å²) in [6, 6.07) is 7.73. The molecule has 0 aliphatic carbocycles. The molecule has 1 aromatic carbocycles. The quantitative estimate of drug-likeness (QED) is 0.453. The summed E-state index contributed by atoms with van der Waals surface area (Å²) in [6.45, 7) is 6.30. The van der Waals surface area contributed by atoms with Gasteiger partial charge in [-0.3, -0.25) is 0 Å². The van der Waals surface area contributed by atoms with Crippen molar-refractivity contribution < 1.29 is 0 Å². The Morgan fingerprint density at radius 1 is 1.19 bits per heavy atom. The van der Waals surface area contributed by atoms with E-state index >= 15 is 0 Å². The Morgan fingerprint density at radius 2 is 1.90 bits per heavy atom. The van der Waals surface area contributed by atoms with Crippen molar-refractivity contribution in [2.24, 2.45) is 0 Å². The lowest BCUT2D eigenvalue weighted by molar-refractivity contribution is 0.560. The summed E-state index contributed by atoms with van der Waals surface area (Å²) in [5.41, 5.74) is 0.824. The molecule has 0 aliphatic rings. The van der Waals surface area contributed by atoms with Gasteiger partial charge in [0.25, 0.3) is 0 Å². The lowest BCUT2D eigenvalue weighted by Crippen LogP contribution is -2.16. The molecule has 0 saturated heterocycles. The van der Waals surface area contributed by atoms with E-state index in [0.29, 0.717) is 10.9 Å². The van der Waals surface area contributed by atoms with E-state index in [4.69, 9.17) is 23.2 Å². The van der Waals surface area contributed by atoms with Crippen LogP contribution in [0.15, 0.2) is 33.6 Å². The summed E-state index contributed by atoms with van der Waals surface area (Å²) in [5, 5.41) is 1.18. The molecule has 0 N–H and O–H groups in total. The summed E-state index contributed by atoms with van der Waals surface area (Å²) in [4.78, 5) is 10.1. The highest BCUT2D eigenvalue weighted by molar-refractivity contribution is 9.10. The van der Waals surface area contributed by atoms with Gasteiger partial charge >= 0.3 is 0 Å². The van der Waals surface area contributed by atoms with Crippen LogP contribution in [0.4, 0.5) is 0 Å². The third kappa shape index (κ3) is 4.59. The number of aromatic nitrogens is 2. The number of benzene rings is 1. The first-order valence-electron chi connectivity index (χ1n) is 6.38. The Kier molecular flexibility index (Phi) is 5.58. The highest BCUT2D eigenvalue weighted by Gasteiger charge is 2.22. The van der Waals surface area contributed by atoms with E-state index in [1.54, 1.807) is 11.8 Å². The van der Waals surface area contributed by atoms with Crippen LogP contribution in [-0.2, 0) is 11.2 Å². The molecule has 2 aromatic rings. The zero-order chi connectivity index (χ0) is 15.6. The first kappa shape index (κ1) is 17.1. The molecule has 0 amide bonds. The van der Waals surface area contributed by atoms with Gasteiger partial charge in [-0.25, -0.2) is 9.97 Å². The van der Waals surface area contributed by atoms with Gasteiger partial charge in [-0.1, -0.05) is 50.0 Å². The van der Waals surface area contributed by atoms with Gasteiger partial charge in [-0.2, -0.15) is 0 Å². The monoisotopic (exact) mass is 404 g/mol. The Morgan fingerprint density at radius 3 is 2.52 bits per heavy atom. The molecule has 0 spiro atoms. The first-order valence-corrected chi connectivity index (χ1v) is 8.91. The van der Waals surface area contributed by atoms with Crippen LogP contribution < -0.4 is 0 Å². The fourth-order valence-corrected chi connectivity index (χ4v) is 3.75. The van der Waals surface area contributed by atoms with Gasteiger partial charge < -0.3 is 0 Å². The van der Waals surface area contributed by atoms with E-state index in [-0.39, 0.29) is 5.41 Å². The van der Waals surface area contributed by atoms with Crippen molar-refractivity contribution in [1.29, 1.82) is 0 Å². The number of thioether (sulfide) groups is 1. The minimum atomic E-state index is -0.0963. The number of rotatable bonds is 3. The van der Waals surface area contributed by atoms with E-state index < -0.39 is 0 Å². The lowest BCUT2D eigenvalue weighted by atomic mass is 9.92. The van der Waals surface area contributed by atoms with Crippen LogP contribution >= 0.6 is 50.9 Å². The maximum Gasteiger partial charge on any atom is 0.147 e. The first-order chi connectivity index (χ1) is 9.77. The van der Waals surface area contributed by atoms with Crippen LogP contribution in [0.2, 0.25) is 10.2 Å². The SMILES string of the molecule is CC(C)(C)c1nc(CSc2cccc(Cl)c2)nc(Cl)c1Br. The molecule has 1 aromatic heterocycles. The van der Waals surface area contributed by atoms with Gasteiger partial charge in [0.1, 0.15) is 11.0 Å². The number of hydrogen-bond acceptors (Lipinski definition) is 3. The van der Waals surface area contributed by atoms with Crippen LogP contribution in [0.1, 0.15) is 32.3 Å². The van der Waals surface area contributed by atoms with Crippen molar-refractivity contribution in [1.82, 2.24) is 9.97 Å². The molecule has 0 saturated carbocycles. The summed E-state index contributed by atoms with van der Waals surface area (Å²) in [7, 11) is 0. The third-order valence-corrected chi connectivity index (χ3v) is 5.21. The molecule has 0 aliphatic heterocycles. The van der Waals surface area contributed by atoms with E-state index in [0.717, 1.165) is 25.9 Å². The summed E-state index contributed by atoms with van der Waals surface area (Å²) < 4.78 is 0.771. The number of hydrogen-bond donors (Lipinski definition) is 0. The normalized spacial score (nSPS) is 11.7. The molecule has 21 heavy (non-hydrogen) atoms. The lowest BCUT2D eigenvalue weighted by Gasteiger charge is -2.20. The van der Waals surface area contributed by atoms with Crippen molar-refractivity contribution in [3.05, 3.63) is 50.4 Å². The second kappa shape index (κ2) is 6.86. The van der Waals surface area contributed by atoms with Crippen LogP contribution in [-0.4, -0.2) is 9.97 Å². The second-order valence-electron chi connectivity index (χ2n) is 5.59. The van der Waals surface area contributed by atoms with Gasteiger partial charge in [0, 0.05) is 15.3 Å². The van der Waals surface area contributed by atoms with E-state index in [1.165, 1.54) is 0 Å². The summed E-state index contributed by atoms with van der Waals surface area (Å²) >= 11 is 17.3. The van der Waals surface area contributed by atoms with E-state index in [1.807, 2.05) is 24.3 Å². The molecule has 0 fully saturated rings. The minimum Gasteiger partial charge on any atom is -0.235 e. The molecule has 0 radical (unpaired) electrons. The average molecular weight is 406 g/mol. The van der Waals surface area contributed by atoms with Crippen molar-refractivity contribution in [3.63, 3.8) is 0 Å². The van der Waals surface area contributed by atoms with Gasteiger partial charge in [0.05, 0.1) is 15.9 Å². The molecule has 2 rings (SSSR count). The Hall–Kier alpha value is -0.290. The Bertz CT molecular complexity index is 657. The van der Waals surface area contributed by atoms with Crippen molar-refractivity contribution in [2.75, 3.05) is 0 Å². The molecule has 6 heteroatoms. The van der Waals surface area contributed by atoms with Crippen LogP contribution in [0, 0.1) is 0 Å². The van der Waals surface area contributed by atoms with Crippen molar-refractivity contribution in [2.45, 2.75) is 36.8 Å². The van der Waals surface area contributed by atoms with Crippen LogP contribution in [0.3, 0.4) is 0 Å². The standard InChI is InChI=1S/C15H15BrCl2N2S/c1-15(2,3)13-12(16)14(18)20-11(19-13)8-21-10-6-4-5-9(17)7-10/h4-7H,8H2,1-3H3. The minimum absolute atomic E-state index is 0.0963. The highest BCUT2D eigenvalue weighted by Crippen LogP contribution is 2.33. The molecule has 1 heterocycles. The fourth-order valence-electron chi connectivity index (χ4n) is 1.73. The van der Waals surface area contributed by atoms with Gasteiger partial charge in [0.2, 0.25) is 0 Å². The summed E-state index contributed by atoms with van der Waals surface area (Å²) in [6.07, 6.45) is 0. The Labute approximate surface area is 147 Å². The molecule has 0 unspecified atom stereocenters. The molecule has 2 nitrogen and oxygen atoms in total. The van der Waals surface area contributed by atoms with E-state index in [2.05, 4.69) is 46.7 Å². The maximum absolute atomic E-state index is 6.20. The van der Waals surface area contributed by atoms with Crippen LogP contribution in [0.5, 0.6) is 0 Å². The van der Waals surface area contributed by atoms with Gasteiger partial charge in [0.15, 0.2) is 0 Å². The molecular weight excluding hydrogens is 391 g/mol. The number of halogens is 3. The summed E-state index contributed by atoms with van der Waals surface area (Å²) in [5.74, 6) is 1.37. The topological polar surface area (TPSA) is 25.8 Å². The predicted octanol–water partition coefficient (Wildman–Crippen LogP) is 6.14. The zero-order valence-electron chi connectivity index (χ0n) is 12.0. The van der Waals surface area contributed by atoms with Crippen LogP contribution in [0.25, 0.3) is 0 Å². The molecule has 0 bridgehead atoms. The Balaban J connectivity index is 2.23. The molecule has 112 valence electrons. The highest BCUT2D eigenvalue weighted by atomic mass is 79.9. The van der Waals surface area contributed by atoms with Crippen molar-refractivity contribution in [3.8, 4) is 0 Å². The maximum atomic E-state index is 6.20.